The summed E-state index contributed by atoms with van der Waals surface area (Å²) >= 11 is 0. The first-order valence-electron chi connectivity index (χ1n) is 9.54. The number of nitrogens with zero attached hydrogens (tertiary/aromatic N) is 5. The van der Waals surface area contributed by atoms with Crippen LogP contribution in [0, 0.1) is 6.92 Å². The second kappa shape index (κ2) is 8.02. The van der Waals surface area contributed by atoms with E-state index >= 15 is 0 Å². The Labute approximate surface area is 159 Å². The minimum absolute atomic E-state index is 0.125. The molecule has 1 N–H and O–H groups in total. The highest BCUT2D eigenvalue weighted by Crippen LogP contribution is 2.19. The summed E-state index contributed by atoms with van der Waals surface area (Å²) in [5.74, 6) is 1.52. The Bertz CT molecular complexity index is 881. The average Bonchev–Trinajstić information content (AvgIpc) is 3.15. The molecular weight excluding hydrogens is 340 g/mol. The molecule has 1 aromatic carbocycles. The molecule has 1 aliphatic heterocycles. The Morgan fingerprint density at radius 3 is 2.96 bits per heavy atom. The Balaban J connectivity index is 1.47. The van der Waals surface area contributed by atoms with Crippen molar-refractivity contribution in [1.82, 2.24) is 24.5 Å². The van der Waals surface area contributed by atoms with Crippen LogP contribution in [0.1, 0.15) is 24.6 Å². The van der Waals surface area contributed by atoms with Crippen LogP contribution in [0.5, 0.6) is 0 Å². The van der Waals surface area contributed by atoms with Crippen molar-refractivity contribution in [2.45, 2.75) is 39.0 Å². The van der Waals surface area contributed by atoms with E-state index in [9.17, 15) is 0 Å². The second-order valence-corrected chi connectivity index (χ2v) is 7.04. The summed E-state index contributed by atoms with van der Waals surface area (Å²) in [4.78, 5) is 11.1. The van der Waals surface area contributed by atoms with E-state index in [4.69, 9.17) is 4.74 Å². The maximum Gasteiger partial charge on any atom is 0.254 e. The van der Waals surface area contributed by atoms with Gasteiger partial charge >= 0.3 is 0 Å². The van der Waals surface area contributed by atoms with E-state index < -0.39 is 0 Å². The molecule has 3 heterocycles. The summed E-state index contributed by atoms with van der Waals surface area (Å²) in [6.45, 7) is 7.74. The predicted octanol–water partition coefficient (Wildman–Crippen LogP) is 2.52. The molecule has 1 aliphatic rings. The molecule has 0 spiro atoms. The number of nitrogens with one attached hydrogen (secondary N) is 1. The van der Waals surface area contributed by atoms with Crippen molar-refractivity contribution in [1.29, 1.82) is 0 Å². The van der Waals surface area contributed by atoms with E-state index in [0.717, 1.165) is 44.2 Å². The van der Waals surface area contributed by atoms with Crippen LogP contribution in [0.15, 0.2) is 42.7 Å². The molecule has 7 nitrogen and oxygen atoms in total. The number of aryl methyl sites for hydroxylation is 1. The van der Waals surface area contributed by atoms with Crippen molar-refractivity contribution in [3.8, 4) is 0 Å². The lowest BCUT2D eigenvalue weighted by atomic mass is 10.1. The number of aromatic nitrogens is 4. The third-order valence-corrected chi connectivity index (χ3v) is 5.03. The highest BCUT2D eigenvalue weighted by Gasteiger charge is 2.28. The molecule has 1 saturated heterocycles. The van der Waals surface area contributed by atoms with Crippen LogP contribution in [0.3, 0.4) is 0 Å². The van der Waals surface area contributed by atoms with E-state index in [2.05, 4.69) is 62.5 Å². The lowest BCUT2D eigenvalue weighted by molar-refractivity contribution is -0.0403. The van der Waals surface area contributed by atoms with Gasteiger partial charge in [-0.05, 0) is 18.9 Å². The van der Waals surface area contributed by atoms with Crippen molar-refractivity contribution in [3.05, 3.63) is 54.0 Å². The minimum atomic E-state index is 0.125. The van der Waals surface area contributed by atoms with Crippen molar-refractivity contribution >= 4 is 11.6 Å². The maximum atomic E-state index is 6.13. The smallest absolute Gasteiger partial charge is 0.254 e. The first-order valence-corrected chi connectivity index (χ1v) is 9.54. The van der Waals surface area contributed by atoms with E-state index in [1.165, 1.54) is 11.9 Å². The second-order valence-electron chi connectivity index (χ2n) is 7.04. The van der Waals surface area contributed by atoms with Crippen molar-refractivity contribution in [2.24, 2.45) is 0 Å². The fraction of sp³-hybridized carbons (Fsp3) is 0.450. The van der Waals surface area contributed by atoms with Gasteiger partial charge in [0.05, 0.1) is 18.8 Å². The topological polar surface area (TPSA) is 67.6 Å². The van der Waals surface area contributed by atoms with Gasteiger partial charge in [-0.15, -0.1) is 0 Å². The fourth-order valence-corrected chi connectivity index (χ4v) is 3.64. The molecule has 2 atom stereocenters. The molecule has 3 aromatic rings. The van der Waals surface area contributed by atoms with Gasteiger partial charge in [0, 0.05) is 31.4 Å². The Morgan fingerprint density at radius 2 is 2.15 bits per heavy atom. The number of anilines is 1. The summed E-state index contributed by atoms with van der Waals surface area (Å²) in [7, 11) is 0. The first-order chi connectivity index (χ1) is 13.2. The van der Waals surface area contributed by atoms with Gasteiger partial charge in [0.25, 0.3) is 5.78 Å². The molecular formula is C20H26N6O. The normalized spacial score (nSPS) is 19.3. The fourth-order valence-electron chi connectivity index (χ4n) is 3.64. The summed E-state index contributed by atoms with van der Waals surface area (Å²) in [6, 6.07) is 12.8. The Morgan fingerprint density at radius 1 is 1.30 bits per heavy atom. The van der Waals surface area contributed by atoms with Gasteiger partial charge in [-0.1, -0.05) is 37.3 Å². The Kier molecular flexibility index (Phi) is 5.31. The van der Waals surface area contributed by atoms with Crippen LogP contribution in [-0.2, 0) is 11.3 Å². The minimum Gasteiger partial charge on any atom is -0.373 e. The molecule has 2 aromatic heterocycles. The lowest BCUT2D eigenvalue weighted by Gasteiger charge is -2.37. The lowest BCUT2D eigenvalue weighted by Crippen LogP contribution is -2.49. The quantitative estimate of drug-likeness (QED) is 0.723. The zero-order chi connectivity index (χ0) is 18.6. The Hall–Kier alpha value is -2.51. The number of hydrogen-bond donors (Lipinski definition) is 1. The van der Waals surface area contributed by atoms with Crippen LogP contribution >= 0.6 is 0 Å². The van der Waals surface area contributed by atoms with Crippen molar-refractivity contribution in [2.75, 3.05) is 25.0 Å². The number of rotatable bonds is 6. The maximum absolute atomic E-state index is 6.13. The largest absolute Gasteiger partial charge is 0.373 e. The summed E-state index contributed by atoms with van der Waals surface area (Å²) in [6.07, 6.45) is 2.62. The third-order valence-electron chi connectivity index (χ3n) is 5.03. The molecule has 142 valence electrons. The molecule has 27 heavy (non-hydrogen) atoms. The first kappa shape index (κ1) is 17.9. The standard InChI is InChI=1S/C20H26N6O/c1-3-17(24-19-11-15(2)23-20-21-14-22-26(19)20)18-13-25(9-10-27-18)12-16-7-5-4-6-8-16/h4-8,11,14,17-18,24H,3,9-10,12-13H2,1-2H3. The zero-order valence-electron chi connectivity index (χ0n) is 15.9. The number of fused-ring (bicyclic) bond motifs is 1. The monoisotopic (exact) mass is 366 g/mol. The summed E-state index contributed by atoms with van der Waals surface area (Å²) in [5, 5.41) is 7.91. The molecule has 2 unspecified atom stereocenters. The molecule has 0 saturated carbocycles. The predicted molar refractivity (Wildman–Crippen MR) is 105 cm³/mol. The molecule has 0 bridgehead atoms. The van der Waals surface area contributed by atoms with E-state index in [0.29, 0.717) is 5.78 Å². The number of hydrogen-bond acceptors (Lipinski definition) is 6. The van der Waals surface area contributed by atoms with Gasteiger partial charge in [0.2, 0.25) is 0 Å². The van der Waals surface area contributed by atoms with E-state index in [-0.39, 0.29) is 12.1 Å². The number of benzene rings is 1. The SMILES string of the molecule is CCC(Nc1cc(C)nc2ncnn12)C1CN(Cc2ccccc2)CCO1. The van der Waals surface area contributed by atoms with Crippen LogP contribution in [-0.4, -0.2) is 56.3 Å². The molecule has 4 rings (SSSR count). The molecule has 7 heteroatoms. The molecule has 0 amide bonds. The van der Waals surface area contributed by atoms with Crippen LogP contribution < -0.4 is 5.32 Å². The van der Waals surface area contributed by atoms with Gasteiger partial charge in [0.1, 0.15) is 12.1 Å². The average molecular weight is 366 g/mol. The van der Waals surface area contributed by atoms with Crippen LogP contribution in [0.2, 0.25) is 0 Å². The van der Waals surface area contributed by atoms with E-state index in [1.54, 1.807) is 4.52 Å². The van der Waals surface area contributed by atoms with Gasteiger partial charge in [-0.3, -0.25) is 4.90 Å². The van der Waals surface area contributed by atoms with E-state index in [1.807, 2.05) is 13.0 Å². The van der Waals surface area contributed by atoms with Gasteiger partial charge in [-0.2, -0.15) is 14.6 Å². The zero-order valence-corrected chi connectivity index (χ0v) is 15.9. The summed E-state index contributed by atoms with van der Waals surface area (Å²) < 4.78 is 7.88. The number of morpholine rings is 1. The third kappa shape index (κ3) is 4.09. The van der Waals surface area contributed by atoms with Crippen LogP contribution in [0.25, 0.3) is 5.78 Å². The molecule has 1 fully saturated rings. The van der Waals surface area contributed by atoms with Gasteiger partial charge < -0.3 is 10.1 Å². The molecule has 0 radical (unpaired) electrons. The molecule has 0 aliphatic carbocycles. The summed E-state index contributed by atoms with van der Waals surface area (Å²) in [5.41, 5.74) is 2.26. The highest BCUT2D eigenvalue weighted by atomic mass is 16.5. The van der Waals surface area contributed by atoms with Crippen molar-refractivity contribution < 1.29 is 4.74 Å². The van der Waals surface area contributed by atoms with Gasteiger partial charge in [-0.25, -0.2) is 4.98 Å². The van der Waals surface area contributed by atoms with Crippen molar-refractivity contribution in [3.63, 3.8) is 0 Å². The number of ether oxygens (including phenoxy) is 1. The van der Waals surface area contributed by atoms with Crippen LogP contribution in [0.4, 0.5) is 5.82 Å². The highest BCUT2D eigenvalue weighted by molar-refractivity contribution is 5.45. The van der Waals surface area contributed by atoms with Gasteiger partial charge in [0.15, 0.2) is 0 Å².